The fraction of sp³-hybridized carbons (Fsp3) is 1.00. The predicted octanol–water partition coefficient (Wildman–Crippen LogP) is 2.47. The minimum Gasteiger partial charge on any atom is -0.212 e. The lowest BCUT2D eigenvalue weighted by Gasteiger charge is -2.24. The van der Waals surface area contributed by atoms with E-state index in [2.05, 4.69) is 0 Å². The van der Waals surface area contributed by atoms with E-state index in [0.717, 1.165) is 0 Å². The molecule has 1 unspecified atom stereocenters. The Kier molecular flexibility index (Phi) is 6.79. The van der Waals surface area contributed by atoms with Crippen molar-refractivity contribution in [2.75, 3.05) is 24.7 Å². The standard InChI is InChI=1S/C9H17ClF3NO2S/c1-3-4-14(7-9(11,12)13)17(15,16)6-8(2)5-10/h8H,3-7H2,1-2H3. The molecule has 0 spiro atoms. The van der Waals surface area contributed by atoms with Gasteiger partial charge < -0.3 is 0 Å². The van der Waals surface area contributed by atoms with Gasteiger partial charge in [0.15, 0.2) is 0 Å². The molecule has 0 heterocycles. The summed E-state index contributed by atoms with van der Waals surface area (Å²) in [6.45, 7) is 1.65. The number of sulfonamides is 1. The van der Waals surface area contributed by atoms with Crippen LogP contribution in [-0.4, -0.2) is 43.6 Å². The highest BCUT2D eigenvalue weighted by Gasteiger charge is 2.36. The number of nitrogens with zero attached hydrogens (tertiary/aromatic N) is 1. The minimum atomic E-state index is -4.52. The van der Waals surface area contributed by atoms with Crippen LogP contribution in [0.5, 0.6) is 0 Å². The molecule has 0 aromatic heterocycles. The van der Waals surface area contributed by atoms with Gasteiger partial charge in [-0.2, -0.15) is 17.5 Å². The Balaban J connectivity index is 4.79. The molecule has 1 atom stereocenters. The summed E-state index contributed by atoms with van der Waals surface area (Å²) in [5, 5.41) is 0. The molecular weight excluding hydrogens is 279 g/mol. The van der Waals surface area contributed by atoms with Crippen molar-refractivity contribution in [3.8, 4) is 0 Å². The Morgan fingerprint density at radius 3 is 2.24 bits per heavy atom. The summed E-state index contributed by atoms with van der Waals surface area (Å²) in [7, 11) is -3.90. The summed E-state index contributed by atoms with van der Waals surface area (Å²) >= 11 is 5.47. The second-order valence-electron chi connectivity index (χ2n) is 3.99. The first-order chi connectivity index (χ1) is 7.62. The number of alkyl halides is 4. The molecule has 0 radical (unpaired) electrons. The first kappa shape index (κ1) is 17.0. The molecule has 0 saturated carbocycles. The Morgan fingerprint density at radius 1 is 1.35 bits per heavy atom. The van der Waals surface area contributed by atoms with E-state index in [1.807, 2.05) is 0 Å². The smallest absolute Gasteiger partial charge is 0.212 e. The van der Waals surface area contributed by atoms with Gasteiger partial charge in [0.2, 0.25) is 10.0 Å². The molecule has 0 aliphatic heterocycles. The second kappa shape index (κ2) is 6.80. The van der Waals surface area contributed by atoms with Crippen LogP contribution in [0.4, 0.5) is 13.2 Å². The highest BCUT2D eigenvalue weighted by atomic mass is 35.5. The van der Waals surface area contributed by atoms with E-state index >= 15 is 0 Å². The van der Waals surface area contributed by atoms with Crippen LogP contribution in [0.2, 0.25) is 0 Å². The number of hydrogen-bond donors (Lipinski definition) is 0. The van der Waals surface area contributed by atoms with Gasteiger partial charge in [-0.25, -0.2) is 8.42 Å². The van der Waals surface area contributed by atoms with Gasteiger partial charge in [-0.15, -0.1) is 11.6 Å². The molecule has 0 saturated heterocycles. The maximum atomic E-state index is 12.2. The third kappa shape index (κ3) is 7.10. The molecule has 0 aliphatic rings. The van der Waals surface area contributed by atoms with Crippen molar-refractivity contribution in [1.82, 2.24) is 4.31 Å². The number of hydrogen-bond acceptors (Lipinski definition) is 2. The van der Waals surface area contributed by atoms with E-state index in [4.69, 9.17) is 11.6 Å². The molecule has 0 fully saturated rings. The SMILES string of the molecule is CCCN(CC(F)(F)F)S(=O)(=O)CC(C)CCl. The van der Waals surface area contributed by atoms with Crippen LogP contribution in [-0.2, 0) is 10.0 Å². The van der Waals surface area contributed by atoms with Crippen molar-refractivity contribution in [2.24, 2.45) is 5.92 Å². The lowest BCUT2D eigenvalue weighted by atomic mass is 10.3. The largest absolute Gasteiger partial charge is 0.402 e. The number of halogens is 4. The zero-order valence-electron chi connectivity index (χ0n) is 9.80. The van der Waals surface area contributed by atoms with Crippen molar-refractivity contribution < 1.29 is 21.6 Å². The van der Waals surface area contributed by atoms with E-state index in [9.17, 15) is 21.6 Å². The molecule has 0 amide bonds. The van der Waals surface area contributed by atoms with Gasteiger partial charge in [-0.05, 0) is 12.3 Å². The van der Waals surface area contributed by atoms with Crippen LogP contribution in [0.15, 0.2) is 0 Å². The zero-order chi connectivity index (χ0) is 13.7. The lowest BCUT2D eigenvalue weighted by Crippen LogP contribution is -2.41. The molecular formula is C9H17ClF3NO2S. The normalized spacial score (nSPS) is 15.2. The van der Waals surface area contributed by atoms with Crippen molar-refractivity contribution in [2.45, 2.75) is 26.4 Å². The summed E-state index contributed by atoms with van der Waals surface area (Å²) in [6.07, 6.45) is -4.18. The van der Waals surface area contributed by atoms with E-state index in [1.165, 1.54) is 0 Å². The molecule has 0 N–H and O–H groups in total. The maximum absolute atomic E-state index is 12.2. The topological polar surface area (TPSA) is 37.4 Å². The molecule has 17 heavy (non-hydrogen) atoms. The average Bonchev–Trinajstić information content (AvgIpc) is 2.14. The van der Waals surface area contributed by atoms with E-state index in [-0.39, 0.29) is 24.1 Å². The first-order valence-corrected chi connectivity index (χ1v) is 7.37. The molecule has 0 aromatic rings. The van der Waals surface area contributed by atoms with Gasteiger partial charge in [-0.3, -0.25) is 0 Å². The van der Waals surface area contributed by atoms with Gasteiger partial charge in [-0.1, -0.05) is 13.8 Å². The van der Waals surface area contributed by atoms with Crippen LogP contribution < -0.4 is 0 Å². The summed E-state index contributed by atoms with van der Waals surface area (Å²) in [4.78, 5) is 0. The fourth-order valence-electron chi connectivity index (χ4n) is 1.28. The van der Waals surface area contributed by atoms with Crippen molar-refractivity contribution in [3.63, 3.8) is 0 Å². The molecule has 3 nitrogen and oxygen atoms in total. The number of rotatable bonds is 7. The summed E-state index contributed by atoms with van der Waals surface area (Å²) < 4.78 is 60.7. The highest BCUT2D eigenvalue weighted by Crippen LogP contribution is 2.20. The fourth-order valence-corrected chi connectivity index (χ4v) is 3.37. The molecule has 0 aromatic carbocycles. The van der Waals surface area contributed by atoms with Crippen molar-refractivity contribution in [1.29, 1.82) is 0 Å². The lowest BCUT2D eigenvalue weighted by molar-refractivity contribution is -0.136. The quantitative estimate of drug-likeness (QED) is 0.677. The highest BCUT2D eigenvalue weighted by molar-refractivity contribution is 7.89. The van der Waals surface area contributed by atoms with Crippen LogP contribution in [0.25, 0.3) is 0 Å². The van der Waals surface area contributed by atoms with Crippen molar-refractivity contribution in [3.05, 3.63) is 0 Å². The monoisotopic (exact) mass is 295 g/mol. The molecule has 8 heteroatoms. The van der Waals surface area contributed by atoms with Gasteiger partial charge in [0.05, 0.1) is 5.75 Å². The molecule has 104 valence electrons. The Labute approximate surface area is 105 Å². The van der Waals surface area contributed by atoms with Crippen LogP contribution in [0.1, 0.15) is 20.3 Å². The third-order valence-electron chi connectivity index (χ3n) is 1.98. The first-order valence-electron chi connectivity index (χ1n) is 5.23. The Hall–Kier alpha value is -0.0100. The van der Waals surface area contributed by atoms with Crippen LogP contribution in [0, 0.1) is 5.92 Å². The minimum absolute atomic E-state index is 0.102. The van der Waals surface area contributed by atoms with Gasteiger partial charge in [0.1, 0.15) is 6.54 Å². The second-order valence-corrected chi connectivity index (χ2v) is 6.31. The predicted molar refractivity (Wildman–Crippen MR) is 61.6 cm³/mol. The van der Waals surface area contributed by atoms with Crippen molar-refractivity contribution >= 4 is 21.6 Å². The summed E-state index contributed by atoms with van der Waals surface area (Å²) in [5.41, 5.74) is 0. The van der Waals surface area contributed by atoms with Crippen LogP contribution >= 0.6 is 11.6 Å². The van der Waals surface area contributed by atoms with E-state index < -0.39 is 22.7 Å². The molecule has 0 aliphatic carbocycles. The third-order valence-corrected chi connectivity index (χ3v) is 4.60. The van der Waals surface area contributed by atoms with Crippen LogP contribution in [0.3, 0.4) is 0 Å². The average molecular weight is 296 g/mol. The Bertz CT molecular complexity index is 319. The van der Waals surface area contributed by atoms with Gasteiger partial charge in [0.25, 0.3) is 0 Å². The zero-order valence-corrected chi connectivity index (χ0v) is 11.4. The van der Waals surface area contributed by atoms with E-state index in [1.54, 1.807) is 13.8 Å². The maximum Gasteiger partial charge on any atom is 0.402 e. The van der Waals surface area contributed by atoms with E-state index in [0.29, 0.717) is 10.7 Å². The summed E-state index contributed by atoms with van der Waals surface area (Å²) in [5.74, 6) is -0.619. The Morgan fingerprint density at radius 2 is 1.88 bits per heavy atom. The van der Waals surface area contributed by atoms with Gasteiger partial charge >= 0.3 is 6.18 Å². The summed E-state index contributed by atoms with van der Waals surface area (Å²) in [6, 6.07) is 0. The molecule has 0 bridgehead atoms. The molecule has 0 rings (SSSR count). The van der Waals surface area contributed by atoms with Gasteiger partial charge in [0, 0.05) is 12.4 Å².